The second-order valence-electron chi connectivity index (χ2n) is 7.18. The minimum atomic E-state index is -1.13. The molecule has 0 fully saturated rings. The van der Waals surface area contributed by atoms with Gasteiger partial charge >= 0.3 is 23.9 Å². The number of rotatable bonds is 4. The molecule has 0 aliphatic heterocycles. The first-order valence-corrected chi connectivity index (χ1v) is 15.0. The molecule has 0 saturated carbocycles. The van der Waals surface area contributed by atoms with Crippen LogP contribution in [0.2, 0.25) is 0 Å². The van der Waals surface area contributed by atoms with E-state index in [-0.39, 0.29) is 46.2 Å². The van der Waals surface area contributed by atoms with E-state index in [1.807, 2.05) is 0 Å². The summed E-state index contributed by atoms with van der Waals surface area (Å²) in [5.74, 6) is -4.51. The second-order valence-corrected chi connectivity index (χ2v) is 12.2. The molecule has 4 rings (SSSR count). The Morgan fingerprint density at radius 2 is 0.463 bits per heavy atom. The van der Waals surface area contributed by atoms with Crippen molar-refractivity contribution >= 4 is 138 Å². The molecule has 0 unspecified atom stereocenters. The van der Waals surface area contributed by atoms with Gasteiger partial charge in [-0.1, -0.05) is 48.5 Å². The van der Waals surface area contributed by atoms with Crippen molar-refractivity contribution in [1.29, 1.82) is 0 Å². The van der Waals surface area contributed by atoms with Gasteiger partial charge in [0.1, 0.15) is 0 Å². The van der Waals surface area contributed by atoms with Crippen molar-refractivity contribution in [2.75, 3.05) is 0 Å². The molecule has 0 bridgehead atoms. The van der Waals surface area contributed by atoms with Crippen molar-refractivity contribution in [1.82, 2.24) is 0 Å². The van der Waals surface area contributed by atoms with Gasteiger partial charge in [-0.15, -0.1) is 0 Å². The summed E-state index contributed by atoms with van der Waals surface area (Å²) in [6.45, 7) is 0. The third-order valence-corrected chi connectivity index (χ3v) is 7.20. The molecule has 4 aromatic rings. The van der Waals surface area contributed by atoms with Gasteiger partial charge in [0.15, 0.2) is 0 Å². The van der Waals surface area contributed by atoms with Crippen LogP contribution in [0.25, 0.3) is 0 Å². The average molecular weight is 1110 g/mol. The standard InChI is InChI=1S/4C7H5IO2.Sn/c4*8-6-3-1-5(2-4-6)7(9)10;/h4*1-4H,(H,9,10);/q;;;;+4/p-4. The maximum absolute atomic E-state index is 10.2. The molecule has 0 saturated heterocycles. The molecule has 208 valence electrons. The fourth-order valence-electron chi connectivity index (χ4n) is 2.34. The van der Waals surface area contributed by atoms with E-state index >= 15 is 0 Å². The summed E-state index contributed by atoms with van der Waals surface area (Å²) in [4.78, 5) is 40.8. The summed E-state index contributed by atoms with van der Waals surface area (Å²) >= 11 is 8.43. The van der Waals surface area contributed by atoms with Crippen LogP contribution in [0.5, 0.6) is 0 Å². The number of carboxylic acid groups (broad SMARTS) is 4. The van der Waals surface area contributed by atoms with E-state index in [0.29, 0.717) is 0 Å². The van der Waals surface area contributed by atoms with Gasteiger partial charge in [-0.2, -0.15) is 0 Å². The van der Waals surface area contributed by atoms with Crippen molar-refractivity contribution in [3.63, 3.8) is 0 Å². The Kier molecular flexibility index (Phi) is 20.4. The molecular weight excluding hydrogens is 1090 g/mol. The SMILES string of the molecule is O=C([O-])c1ccc(I)cc1.O=C([O-])c1ccc(I)cc1.O=C([O-])c1ccc(I)cc1.O=C([O-])c1ccc(I)cc1.[Sn+4]. The summed E-state index contributed by atoms with van der Waals surface area (Å²) in [6, 6.07) is 26.0. The molecule has 13 heteroatoms. The first-order chi connectivity index (χ1) is 18.8. The van der Waals surface area contributed by atoms with E-state index in [9.17, 15) is 39.6 Å². The van der Waals surface area contributed by atoms with Crippen molar-refractivity contribution in [3.05, 3.63) is 134 Å². The smallest absolute Gasteiger partial charge is 0.545 e. The third-order valence-electron chi connectivity index (χ3n) is 4.32. The molecule has 0 N–H and O–H groups in total. The number of hydrogen-bond acceptors (Lipinski definition) is 8. The Bertz CT molecular complexity index is 1190. The molecule has 8 nitrogen and oxygen atoms in total. The third kappa shape index (κ3) is 17.3. The Morgan fingerprint density at radius 1 is 0.341 bits per heavy atom. The fourth-order valence-corrected chi connectivity index (χ4v) is 3.78. The van der Waals surface area contributed by atoms with Crippen LogP contribution in [0, 0.1) is 14.3 Å². The van der Waals surface area contributed by atoms with Crippen LogP contribution < -0.4 is 20.4 Å². The molecule has 0 spiro atoms. The van der Waals surface area contributed by atoms with E-state index in [0.717, 1.165) is 14.3 Å². The van der Waals surface area contributed by atoms with Crippen LogP contribution in [0.4, 0.5) is 0 Å². The Labute approximate surface area is 307 Å². The van der Waals surface area contributed by atoms with E-state index < -0.39 is 23.9 Å². The van der Waals surface area contributed by atoms with Gasteiger partial charge in [0.25, 0.3) is 0 Å². The summed E-state index contributed by atoms with van der Waals surface area (Å²) in [5.41, 5.74) is 0.890. The number of carbonyl (C=O) groups excluding carboxylic acids is 4. The van der Waals surface area contributed by atoms with Crippen molar-refractivity contribution < 1.29 is 39.6 Å². The van der Waals surface area contributed by atoms with Gasteiger partial charge in [0.05, 0.1) is 23.9 Å². The van der Waals surface area contributed by atoms with Crippen LogP contribution in [0.15, 0.2) is 97.1 Å². The quantitative estimate of drug-likeness (QED) is 0.223. The van der Waals surface area contributed by atoms with Crippen LogP contribution in [0.1, 0.15) is 41.4 Å². The Hall–Kier alpha value is -1.52. The molecular formula is C28H16I4O8Sn. The first-order valence-electron chi connectivity index (χ1n) is 10.7. The van der Waals surface area contributed by atoms with E-state index in [1.165, 1.54) is 48.5 Å². The molecule has 0 radical (unpaired) electrons. The maximum atomic E-state index is 10.2. The number of aromatic carboxylic acids is 4. The monoisotopic (exact) mass is 1110 g/mol. The van der Waals surface area contributed by atoms with E-state index in [4.69, 9.17) is 0 Å². The Balaban J connectivity index is 0.000000516. The number of benzene rings is 4. The summed E-state index contributed by atoms with van der Waals surface area (Å²) in [7, 11) is 0. The number of halogens is 4. The van der Waals surface area contributed by atoms with Gasteiger partial charge in [-0.3, -0.25) is 0 Å². The Morgan fingerprint density at radius 3 is 0.561 bits per heavy atom. The molecule has 4 aromatic carbocycles. The molecule has 0 amide bonds. The molecule has 0 aliphatic rings. The molecule has 0 atom stereocenters. The maximum Gasteiger partial charge on any atom is 4.00 e. The van der Waals surface area contributed by atoms with Crippen molar-refractivity contribution in [3.8, 4) is 0 Å². The van der Waals surface area contributed by atoms with Gasteiger partial charge in [0, 0.05) is 14.3 Å². The second kappa shape index (κ2) is 21.2. The summed E-state index contributed by atoms with van der Waals surface area (Å²) in [6.07, 6.45) is 0. The van der Waals surface area contributed by atoms with Crippen LogP contribution in [0.3, 0.4) is 0 Å². The summed E-state index contributed by atoms with van der Waals surface area (Å²) < 4.78 is 4.07. The normalized spacial score (nSPS) is 9.07. The van der Waals surface area contributed by atoms with Crippen molar-refractivity contribution in [2.24, 2.45) is 0 Å². The number of hydrogen-bond donors (Lipinski definition) is 0. The molecule has 0 heterocycles. The number of carbonyl (C=O) groups is 4. The fraction of sp³-hybridized carbons (Fsp3) is 0. The zero-order valence-electron chi connectivity index (χ0n) is 20.5. The van der Waals surface area contributed by atoms with Gasteiger partial charge in [0.2, 0.25) is 0 Å². The van der Waals surface area contributed by atoms with E-state index in [1.54, 1.807) is 48.5 Å². The zero-order chi connectivity index (χ0) is 30.2. The predicted molar refractivity (Wildman–Crippen MR) is 180 cm³/mol. The topological polar surface area (TPSA) is 161 Å². The van der Waals surface area contributed by atoms with Gasteiger partial charge in [-0.05, 0) is 161 Å². The van der Waals surface area contributed by atoms with Crippen LogP contribution >= 0.6 is 90.4 Å². The van der Waals surface area contributed by atoms with Crippen molar-refractivity contribution in [2.45, 2.75) is 0 Å². The minimum Gasteiger partial charge on any atom is -0.545 e. The van der Waals surface area contributed by atoms with Gasteiger partial charge in [-0.25, -0.2) is 0 Å². The molecule has 0 aromatic heterocycles. The molecule has 41 heavy (non-hydrogen) atoms. The van der Waals surface area contributed by atoms with Crippen LogP contribution in [-0.2, 0) is 0 Å². The van der Waals surface area contributed by atoms with Gasteiger partial charge < -0.3 is 39.6 Å². The summed E-state index contributed by atoms with van der Waals surface area (Å²) in [5, 5.41) is 40.8. The largest absolute Gasteiger partial charge is 4.00 e. The predicted octanol–water partition coefficient (Wildman–Crippen LogP) is 2.24. The average Bonchev–Trinajstić information content (AvgIpc) is 2.91. The first kappa shape index (κ1) is 39.5. The minimum absolute atomic E-state index is 0. The number of carboxylic acids is 4. The molecule has 0 aliphatic carbocycles. The van der Waals surface area contributed by atoms with E-state index in [2.05, 4.69) is 90.4 Å². The zero-order valence-corrected chi connectivity index (χ0v) is 32.0. The van der Waals surface area contributed by atoms with Crippen LogP contribution in [-0.4, -0.2) is 47.8 Å².